The van der Waals surface area contributed by atoms with Crippen molar-refractivity contribution in [2.45, 2.75) is 65.3 Å². The van der Waals surface area contributed by atoms with Gasteiger partial charge in [0.1, 0.15) is 0 Å². The van der Waals surface area contributed by atoms with Gasteiger partial charge in [-0.2, -0.15) is 0 Å². The highest BCUT2D eigenvalue weighted by molar-refractivity contribution is 6.43. The lowest BCUT2D eigenvalue weighted by molar-refractivity contribution is 0.0593. The number of aromatic hydroxyl groups is 1. The zero-order chi connectivity index (χ0) is 27.8. The monoisotopic (exact) mass is 530 g/mol. The summed E-state index contributed by atoms with van der Waals surface area (Å²) in [5.74, 6) is -1.98. The summed E-state index contributed by atoms with van der Waals surface area (Å²) in [4.78, 5) is 27.4. The molecule has 1 heterocycles. The van der Waals surface area contributed by atoms with Crippen LogP contribution >= 0.6 is 0 Å². The SMILES string of the molecule is CCC/C(=C\c1ccc(O)c(F)c1)CC[C@H]1OB(O)C[C@H]2C1=C(C(C)C)C[C@H]1C(=O)c3ccccc3C(=O)[C@H]12. The van der Waals surface area contributed by atoms with Gasteiger partial charge in [0, 0.05) is 23.0 Å². The highest BCUT2D eigenvalue weighted by Gasteiger charge is 2.53. The number of phenols is 1. The summed E-state index contributed by atoms with van der Waals surface area (Å²) in [6.07, 6.45) is 5.46. The van der Waals surface area contributed by atoms with Crippen LogP contribution in [0.2, 0.25) is 6.32 Å². The Balaban J connectivity index is 1.48. The Morgan fingerprint density at radius 2 is 1.82 bits per heavy atom. The first-order valence-corrected chi connectivity index (χ1v) is 14.1. The molecule has 0 radical (unpaired) electrons. The predicted octanol–water partition coefficient (Wildman–Crippen LogP) is 6.66. The second-order valence-corrected chi connectivity index (χ2v) is 11.5. The number of fused-ring (bicyclic) bond motifs is 4. The Labute approximate surface area is 229 Å². The van der Waals surface area contributed by atoms with Gasteiger partial charge >= 0.3 is 7.12 Å². The summed E-state index contributed by atoms with van der Waals surface area (Å²) in [5, 5.41) is 20.4. The number of hydrogen-bond donors (Lipinski definition) is 2. The van der Waals surface area contributed by atoms with Gasteiger partial charge in [-0.3, -0.25) is 9.59 Å². The molecule has 0 bridgehead atoms. The maximum absolute atomic E-state index is 13.9. The van der Waals surface area contributed by atoms with E-state index in [1.807, 2.05) is 6.08 Å². The molecule has 39 heavy (non-hydrogen) atoms. The molecule has 1 saturated heterocycles. The van der Waals surface area contributed by atoms with Gasteiger partial charge in [0.15, 0.2) is 23.1 Å². The molecular formula is C32H36BFO5. The fraction of sp³-hybridized carbons (Fsp3) is 0.438. The number of allylic oxidation sites excluding steroid dienone is 2. The molecule has 7 heteroatoms. The van der Waals surface area contributed by atoms with Crippen molar-refractivity contribution < 1.29 is 28.8 Å². The number of Topliss-reactive ketones (excluding diaryl/α,β-unsaturated/α-hetero) is 2. The van der Waals surface area contributed by atoms with Crippen molar-refractivity contribution in [2.75, 3.05) is 0 Å². The minimum atomic E-state index is -1.01. The van der Waals surface area contributed by atoms with Crippen LogP contribution in [-0.4, -0.2) is 34.9 Å². The molecule has 0 aromatic heterocycles. The molecule has 2 aromatic carbocycles. The third kappa shape index (κ3) is 5.27. The van der Waals surface area contributed by atoms with E-state index in [9.17, 15) is 24.1 Å². The second kappa shape index (κ2) is 11.2. The van der Waals surface area contributed by atoms with Crippen LogP contribution in [-0.2, 0) is 4.65 Å². The molecule has 0 saturated carbocycles. The molecule has 5 rings (SSSR count). The van der Waals surface area contributed by atoms with Crippen molar-refractivity contribution in [3.05, 3.63) is 81.7 Å². The number of carbonyl (C=O) groups excluding carboxylic acids is 2. The summed E-state index contributed by atoms with van der Waals surface area (Å²) in [6, 6.07) is 11.5. The molecule has 4 atom stereocenters. The first-order valence-electron chi connectivity index (χ1n) is 14.1. The average molecular weight is 530 g/mol. The van der Waals surface area contributed by atoms with E-state index in [1.165, 1.54) is 17.7 Å². The van der Waals surface area contributed by atoms with Gasteiger partial charge in [0.25, 0.3) is 0 Å². The number of halogens is 1. The summed E-state index contributed by atoms with van der Waals surface area (Å²) in [7, 11) is -1.01. The van der Waals surface area contributed by atoms with Crippen molar-refractivity contribution >= 4 is 24.8 Å². The van der Waals surface area contributed by atoms with E-state index in [0.717, 1.165) is 24.0 Å². The number of hydrogen-bond acceptors (Lipinski definition) is 5. The molecule has 1 aliphatic heterocycles. The predicted molar refractivity (Wildman–Crippen MR) is 150 cm³/mol. The van der Waals surface area contributed by atoms with Crippen LogP contribution in [0.4, 0.5) is 4.39 Å². The van der Waals surface area contributed by atoms with E-state index in [0.29, 0.717) is 42.3 Å². The smallest absolute Gasteiger partial charge is 0.455 e. The topological polar surface area (TPSA) is 83.8 Å². The lowest BCUT2D eigenvalue weighted by atomic mass is 9.53. The van der Waals surface area contributed by atoms with E-state index in [2.05, 4.69) is 20.8 Å². The van der Waals surface area contributed by atoms with Crippen molar-refractivity contribution in [1.29, 1.82) is 0 Å². The second-order valence-electron chi connectivity index (χ2n) is 11.5. The summed E-state index contributed by atoms with van der Waals surface area (Å²) in [5.41, 5.74) is 5.07. The molecule has 3 aliphatic rings. The normalized spacial score (nSPS) is 25.1. The number of phenolic OH excluding ortho intramolecular Hbond substituents is 1. The van der Waals surface area contributed by atoms with Crippen LogP contribution in [0, 0.1) is 29.5 Å². The fourth-order valence-electron chi connectivity index (χ4n) is 6.91. The van der Waals surface area contributed by atoms with Crippen molar-refractivity contribution in [2.24, 2.45) is 23.7 Å². The van der Waals surface area contributed by atoms with E-state index >= 15 is 0 Å². The number of ketones is 2. The molecule has 2 aromatic rings. The van der Waals surface area contributed by atoms with Crippen molar-refractivity contribution in [1.82, 2.24) is 0 Å². The lowest BCUT2D eigenvalue weighted by Crippen LogP contribution is -2.51. The number of benzene rings is 2. The van der Waals surface area contributed by atoms with Gasteiger partial charge in [-0.1, -0.05) is 74.7 Å². The first kappa shape index (κ1) is 27.5. The zero-order valence-corrected chi connectivity index (χ0v) is 22.8. The van der Waals surface area contributed by atoms with E-state index in [4.69, 9.17) is 4.65 Å². The lowest BCUT2D eigenvalue weighted by Gasteiger charge is -2.48. The van der Waals surface area contributed by atoms with Crippen molar-refractivity contribution in [3.63, 3.8) is 0 Å². The van der Waals surface area contributed by atoms with Crippen LogP contribution in [0.15, 0.2) is 59.2 Å². The first-order chi connectivity index (χ1) is 18.7. The van der Waals surface area contributed by atoms with Crippen LogP contribution in [0.3, 0.4) is 0 Å². The molecule has 2 aliphatic carbocycles. The highest BCUT2D eigenvalue weighted by atomic mass is 19.1. The Hall–Kier alpha value is -3.03. The molecule has 0 amide bonds. The van der Waals surface area contributed by atoms with Gasteiger partial charge in [-0.05, 0) is 67.1 Å². The Morgan fingerprint density at radius 1 is 1.10 bits per heavy atom. The molecule has 1 fully saturated rings. The Kier molecular flexibility index (Phi) is 7.93. The fourth-order valence-corrected chi connectivity index (χ4v) is 6.91. The Morgan fingerprint density at radius 3 is 2.49 bits per heavy atom. The summed E-state index contributed by atoms with van der Waals surface area (Å²) in [6.45, 7) is 6.33. The molecule has 0 spiro atoms. The quantitative estimate of drug-likeness (QED) is 0.309. The van der Waals surface area contributed by atoms with Crippen LogP contribution in [0.25, 0.3) is 6.08 Å². The molecule has 5 nitrogen and oxygen atoms in total. The minimum Gasteiger partial charge on any atom is -0.505 e. The third-order valence-electron chi connectivity index (χ3n) is 8.64. The standard InChI is InChI=1S/C32H36BFO5/c1-4-7-19(14-20-10-12-27(35)26(34)15-20)11-13-28-29-23(18(2)3)16-24-30(25(29)17-33(38)39-28)32(37)22-9-6-5-8-21(22)31(24)36/h5-6,8-10,12,14-15,18,24-25,28,30,35,38H,4,7,11,13,16-17H2,1-3H3/b19-14+/t24-,25+,28-,30-/m1/s1. The number of rotatable bonds is 7. The maximum Gasteiger partial charge on any atom is 0.455 e. The zero-order valence-electron chi connectivity index (χ0n) is 22.8. The van der Waals surface area contributed by atoms with Crippen LogP contribution < -0.4 is 0 Å². The van der Waals surface area contributed by atoms with Gasteiger partial charge in [-0.25, -0.2) is 4.39 Å². The molecule has 204 valence electrons. The Bertz CT molecular complexity index is 1350. The molecular weight excluding hydrogens is 494 g/mol. The summed E-state index contributed by atoms with van der Waals surface area (Å²) < 4.78 is 20.1. The molecule has 0 unspecified atom stereocenters. The maximum atomic E-state index is 13.9. The van der Waals surface area contributed by atoms with Crippen LogP contribution in [0.1, 0.15) is 79.2 Å². The van der Waals surface area contributed by atoms with Gasteiger partial charge in [-0.15, -0.1) is 0 Å². The van der Waals surface area contributed by atoms with Gasteiger partial charge in [0.2, 0.25) is 0 Å². The average Bonchev–Trinajstić information content (AvgIpc) is 2.91. The molecule has 2 N–H and O–H groups in total. The largest absolute Gasteiger partial charge is 0.505 e. The van der Waals surface area contributed by atoms with Crippen LogP contribution in [0.5, 0.6) is 5.75 Å². The van der Waals surface area contributed by atoms with Gasteiger partial charge < -0.3 is 14.8 Å². The van der Waals surface area contributed by atoms with E-state index in [-0.39, 0.29) is 35.3 Å². The summed E-state index contributed by atoms with van der Waals surface area (Å²) >= 11 is 0. The van der Waals surface area contributed by atoms with E-state index < -0.39 is 24.8 Å². The number of carbonyl (C=O) groups is 2. The highest BCUT2D eigenvalue weighted by Crippen LogP contribution is 2.52. The minimum absolute atomic E-state index is 0.00530. The van der Waals surface area contributed by atoms with Gasteiger partial charge in [0.05, 0.1) is 6.10 Å². The van der Waals surface area contributed by atoms with E-state index in [1.54, 1.807) is 30.3 Å². The van der Waals surface area contributed by atoms with Crippen molar-refractivity contribution in [3.8, 4) is 5.75 Å². The third-order valence-corrected chi connectivity index (χ3v) is 8.64.